The number of aliphatic imine (C=N–C) groups is 1. The van der Waals surface area contributed by atoms with E-state index in [1.807, 2.05) is 0 Å². The van der Waals surface area contributed by atoms with E-state index in [1.54, 1.807) is 0 Å². The van der Waals surface area contributed by atoms with Gasteiger partial charge in [0.1, 0.15) is 23.8 Å². The van der Waals surface area contributed by atoms with Gasteiger partial charge >= 0.3 is 0 Å². The van der Waals surface area contributed by atoms with Crippen LogP contribution in [-0.4, -0.2) is 76.2 Å². The molecule has 0 bridgehead atoms. The molecule has 3 atom stereocenters. The Morgan fingerprint density at radius 1 is 1.16 bits per heavy atom. The van der Waals surface area contributed by atoms with Crippen molar-refractivity contribution in [2.24, 2.45) is 27.9 Å². The molecule has 0 saturated carbocycles. The zero-order chi connectivity index (χ0) is 27.7. The number of carbonyl (C=O) groups excluding carboxylic acids is 3. The molecular formula is C20H30N10O7. The highest BCUT2D eigenvalue weighted by Gasteiger charge is 2.37. The van der Waals surface area contributed by atoms with Crippen LogP contribution in [0.2, 0.25) is 0 Å². The minimum absolute atomic E-state index is 0.0559. The molecule has 0 spiro atoms. The molecule has 37 heavy (non-hydrogen) atoms. The van der Waals surface area contributed by atoms with Crippen molar-refractivity contribution in [2.45, 2.75) is 43.8 Å². The van der Waals surface area contributed by atoms with Crippen molar-refractivity contribution in [3.63, 3.8) is 0 Å². The number of hydrogen-bond acceptors (Lipinski definition) is 10. The van der Waals surface area contributed by atoms with Gasteiger partial charge in [0, 0.05) is 25.7 Å². The smallest absolute Gasteiger partial charge is 0.299 e. The second-order valence-electron chi connectivity index (χ2n) is 8.31. The van der Waals surface area contributed by atoms with Crippen LogP contribution in [0.25, 0.3) is 0 Å². The maximum atomic E-state index is 13.0. The summed E-state index contributed by atoms with van der Waals surface area (Å²) < 4.78 is 0. The number of non-ortho nitro benzene ring substituents is 1. The summed E-state index contributed by atoms with van der Waals surface area (Å²) in [6.07, 6.45) is 1.43. The number of guanidine groups is 1. The minimum Gasteiger partial charge on any atom is -0.377 e. The topological polar surface area (TPSA) is 281 Å². The molecule has 1 aromatic rings. The monoisotopic (exact) mass is 522 g/mol. The zero-order valence-electron chi connectivity index (χ0n) is 19.9. The molecule has 1 unspecified atom stereocenters. The van der Waals surface area contributed by atoms with Gasteiger partial charge in [0.05, 0.1) is 15.9 Å². The SMILES string of the molecule is NC(=O)[C@H](CCCN=C(N)N)NC(=O)[C@@H]1CCCN1C(=O)C(N)CNc1ccc([N+](=O)[O-])cc1[N+](=O)[O-]. The number of nitrogens with one attached hydrogen (secondary N) is 2. The van der Waals surface area contributed by atoms with Gasteiger partial charge in [-0.2, -0.15) is 0 Å². The molecule has 0 radical (unpaired) electrons. The summed E-state index contributed by atoms with van der Waals surface area (Å²) in [5.41, 5.74) is 20.8. The van der Waals surface area contributed by atoms with E-state index in [0.29, 0.717) is 19.3 Å². The van der Waals surface area contributed by atoms with Gasteiger partial charge in [-0.05, 0) is 31.7 Å². The van der Waals surface area contributed by atoms with Crippen molar-refractivity contribution >= 4 is 40.7 Å². The number of carbonyl (C=O) groups is 3. The van der Waals surface area contributed by atoms with E-state index in [4.69, 9.17) is 22.9 Å². The van der Waals surface area contributed by atoms with Crippen molar-refractivity contribution < 1.29 is 24.2 Å². The lowest BCUT2D eigenvalue weighted by atomic mass is 10.1. The number of nitro benzene ring substituents is 2. The average molecular weight is 523 g/mol. The predicted molar refractivity (Wildman–Crippen MR) is 132 cm³/mol. The third kappa shape index (κ3) is 7.99. The fraction of sp³-hybridized carbons (Fsp3) is 0.500. The normalized spacial score (nSPS) is 16.4. The Labute approximate surface area is 210 Å². The summed E-state index contributed by atoms with van der Waals surface area (Å²) >= 11 is 0. The van der Waals surface area contributed by atoms with E-state index in [9.17, 15) is 34.6 Å². The first kappa shape index (κ1) is 28.7. The lowest BCUT2D eigenvalue weighted by Crippen LogP contribution is -2.55. The fourth-order valence-corrected chi connectivity index (χ4v) is 3.81. The highest BCUT2D eigenvalue weighted by atomic mass is 16.6. The van der Waals surface area contributed by atoms with Crippen LogP contribution in [0.3, 0.4) is 0 Å². The zero-order valence-corrected chi connectivity index (χ0v) is 19.9. The van der Waals surface area contributed by atoms with Crippen LogP contribution in [0.1, 0.15) is 25.7 Å². The van der Waals surface area contributed by atoms with Crippen molar-refractivity contribution in [1.29, 1.82) is 0 Å². The van der Waals surface area contributed by atoms with Gasteiger partial charge < -0.3 is 38.5 Å². The first-order valence-electron chi connectivity index (χ1n) is 11.3. The molecule has 0 aliphatic carbocycles. The van der Waals surface area contributed by atoms with Gasteiger partial charge in [0.25, 0.3) is 11.4 Å². The minimum atomic E-state index is -1.19. The maximum absolute atomic E-state index is 13.0. The number of nitrogens with two attached hydrogens (primary N) is 4. The Bertz CT molecular complexity index is 1080. The van der Waals surface area contributed by atoms with E-state index >= 15 is 0 Å². The largest absolute Gasteiger partial charge is 0.377 e. The fourth-order valence-electron chi connectivity index (χ4n) is 3.81. The van der Waals surface area contributed by atoms with Crippen LogP contribution in [-0.2, 0) is 14.4 Å². The third-order valence-electron chi connectivity index (χ3n) is 5.66. The van der Waals surface area contributed by atoms with Crippen LogP contribution in [0.15, 0.2) is 23.2 Å². The molecular weight excluding hydrogens is 492 g/mol. The van der Waals surface area contributed by atoms with Crippen molar-refractivity contribution in [1.82, 2.24) is 10.2 Å². The summed E-state index contributed by atoms with van der Waals surface area (Å²) in [5, 5.41) is 27.4. The molecule has 202 valence electrons. The summed E-state index contributed by atoms with van der Waals surface area (Å²) in [6.45, 7) is 0.246. The average Bonchev–Trinajstić information content (AvgIpc) is 3.33. The summed E-state index contributed by atoms with van der Waals surface area (Å²) in [6, 6.07) is -0.0331. The van der Waals surface area contributed by atoms with E-state index < -0.39 is 57.1 Å². The van der Waals surface area contributed by atoms with E-state index in [1.165, 1.54) is 4.90 Å². The highest BCUT2D eigenvalue weighted by Crippen LogP contribution is 2.29. The second kappa shape index (κ2) is 13.0. The van der Waals surface area contributed by atoms with Gasteiger partial charge in [-0.1, -0.05) is 0 Å². The molecule has 2 rings (SSSR count). The predicted octanol–water partition coefficient (Wildman–Crippen LogP) is -1.74. The maximum Gasteiger partial charge on any atom is 0.299 e. The number of nitrogens with zero attached hydrogens (tertiary/aromatic N) is 4. The Balaban J connectivity index is 2.01. The van der Waals surface area contributed by atoms with E-state index in [-0.39, 0.29) is 37.7 Å². The highest BCUT2D eigenvalue weighted by molar-refractivity contribution is 5.93. The van der Waals surface area contributed by atoms with E-state index in [2.05, 4.69) is 15.6 Å². The molecule has 0 aromatic heterocycles. The molecule has 1 saturated heterocycles. The van der Waals surface area contributed by atoms with Crippen LogP contribution in [0, 0.1) is 20.2 Å². The van der Waals surface area contributed by atoms with Crippen LogP contribution >= 0.6 is 0 Å². The number of likely N-dealkylation sites (tertiary alicyclic amines) is 1. The van der Waals surface area contributed by atoms with Gasteiger partial charge in [-0.25, -0.2) is 0 Å². The number of hydrogen-bond donors (Lipinski definition) is 6. The van der Waals surface area contributed by atoms with Crippen LogP contribution in [0.5, 0.6) is 0 Å². The molecule has 1 fully saturated rings. The number of anilines is 1. The number of nitro groups is 2. The number of benzene rings is 1. The van der Waals surface area contributed by atoms with Gasteiger partial charge in [-0.3, -0.25) is 39.6 Å². The molecule has 1 aliphatic rings. The molecule has 1 aliphatic heterocycles. The van der Waals surface area contributed by atoms with Gasteiger partial charge in [0.15, 0.2) is 5.96 Å². The molecule has 17 heteroatoms. The molecule has 17 nitrogen and oxygen atoms in total. The number of rotatable bonds is 13. The lowest BCUT2D eigenvalue weighted by molar-refractivity contribution is -0.393. The van der Waals surface area contributed by atoms with E-state index in [0.717, 1.165) is 18.2 Å². The summed E-state index contributed by atoms with van der Waals surface area (Å²) in [5.74, 6) is -2.01. The van der Waals surface area contributed by atoms with Crippen molar-refractivity contribution in [3.05, 3.63) is 38.4 Å². The Kier molecular flexibility index (Phi) is 10.1. The molecule has 10 N–H and O–H groups in total. The Hall–Kier alpha value is -4.54. The second-order valence-corrected chi connectivity index (χ2v) is 8.31. The first-order chi connectivity index (χ1) is 17.4. The molecule has 1 heterocycles. The van der Waals surface area contributed by atoms with Crippen molar-refractivity contribution in [3.8, 4) is 0 Å². The standard InChI is InChI=1S/C20H30N10O7/c21-12(10-26-13-6-5-11(29(34)35)9-16(13)30(36)37)19(33)28-8-2-4-15(28)18(32)27-14(17(22)31)3-1-7-25-20(23)24/h5-6,9,12,14-15,26H,1-4,7-8,10,21H2,(H2,22,31)(H,27,32)(H4,23,24,25)/t12?,14-,15-/m0/s1. The quantitative estimate of drug-likeness (QED) is 0.0555. The summed E-state index contributed by atoms with van der Waals surface area (Å²) in [4.78, 5) is 63.3. The van der Waals surface area contributed by atoms with Gasteiger partial charge in [0.2, 0.25) is 17.7 Å². The molecule has 3 amide bonds. The lowest BCUT2D eigenvalue weighted by Gasteiger charge is -2.28. The third-order valence-corrected chi connectivity index (χ3v) is 5.66. The Morgan fingerprint density at radius 2 is 1.86 bits per heavy atom. The van der Waals surface area contributed by atoms with Gasteiger partial charge in [-0.15, -0.1) is 0 Å². The number of primary amides is 1. The molecule has 1 aromatic carbocycles. The number of amides is 3. The van der Waals surface area contributed by atoms with Crippen LogP contribution < -0.4 is 33.6 Å². The summed E-state index contributed by atoms with van der Waals surface area (Å²) in [7, 11) is 0. The van der Waals surface area contributed by atoms with Crippen LogP contribution in [0.4, 0.5) is 17.1 Å². The first-order valence-corrected chi connectivity index (χ1v) is 11.3. The Morgan fingerprint density at radius 3 is 2.46 bits per heavy atom. The van der Waals surface area contributed by atoms with Crippen molar-refractivity contribution in [2.75, 3.05) is 25.0 Å².